The molecular formula is C21H25N5O4S. The first-order valence-electron chi connectivity index (χ1n) is 9.91. The average molecular weight is 444 g/mol. The molecule has 0 aliphatic carbocycles. The molecule has 0 atom stereocenters. The number of aryl methyl sites for hydroxylation is 1. The minimum Gasteiger partial charge on any atom is -0.337 e. The van der Waals surface area contributed by atoms with E-state index in [1.54, 1.807) is 6.20 Å². The Labute approximate surface area is 180 Å². The van der Waals surface area contributed by atoms with Gasteiger partial charge in [-0.15, -0.1) is 0 Å². The molecular weight excluding hydrogens is 418 g/mol. The third kappa shape index (κ3) is 6.05. The third-order valence-corrected chi connectivity index (χ3v) is 5.85. The van der Waals surface area contributed by atoms with Crippen LogP contribution in [0.4, 0.5) is 10.5 Å². The predicted octanol–water partition coefficient (Wildman–Crippen LogP) is 2.61. The molecule has 1 aromatic carbocycles. The van der Waals surface area contributed by atoms with Gasteiger partial charge in [0.05, 0.1) is 17.0 Å². The number of hydrogen-bond acceptors (Lipinski definition) is 5. The van der Waals surface area contributed by atoms with Gasteiger partial charge in [0.1, 0.15) is 5.65 Å². The van der Waals surface area contributed by atoms with Crippen molar-refractivity contribution < 1.29 is 18.0 Å². The first-order valence-corrected chi connectivity index (χ1v) is 11.4. The van der Waals surface area contributed by atoms with Gasteiger partial charge < -0.3 is 15.0 Å². The number of fused-ring (bicyclic) bond motifs is 1. The Morgan fingerprint density at radius 1 is 1.13 bits per heavy atom. The Morgan fingerprint density at radius 2 is 1.87 bits per heavy atom. The van der Waals surface area contributed by atoms with Crippen LogP contribution in [0.5, 0.6) is 0 Å². The van der Waals surface area contributed by atoms with Crippen LogP contribution in [0.15, 0.2) is 53.7 Å². The summed E-state index contributed by atoms with van der Waals surface area (Å²) >= 11 is 0. The van der Waals surface area contributed by atoms with E-state index in [2.05, 4.69) is 15.6 Å². The number of anilines is 1. The summed E-state index contributed by atoms with van der Waals surface area (Å²) in [4.78, 5) is 28.4. The summed E-state index contributed by atoms with van der Waals surface area (Å²) in [5.74, 6) is -0.274. The van der Waals surface area contributed by atoms with E-state index >= 15 is 0 Å². The number of urea groups is 1. The van der Waals surface area contributed by atoms with Crippen LogP contribution in [0, 0.1) is 6.92 Å². The molecule has 0 saturated heterocycles. The molecule has 0 bridgehead atoms. The fraction of sp³-hybridized carbons (Fsp3) is 0.286. The molecule has 2 heterocycles. The van der Waals surface area contributed by atoms with E-state index in [0.29, 0.717) is 17.9 Å². The summed E-state index contributed by atoms with van der Waals surface area (Å²) < 4.78 is 28.4. The molecule has 3 rings (SSSR count). The van der Waals surface area contributed by atoms with Crippen LogP contribution in [0.3, 0.4) is 0 Å². The number of carbonyl (C=O) groups excluding carboxylic acids is 2. The third-order valence-electron chi connectivity index (χ3n) is 4.50. The highest BCUT2D eigenvalue weighted by Gasteiger charge is 2.17. The number of imidazole rings is 1. The van der Waals surface area contributed by atoms with Gasteiger partial charge >= 0.3 is 6.03 Å². The number of nitrogens with zero attached hydrogens (tertiary/aromatic N) is 2. The Kier molecular flexibility index (Phi) is 6.91. The first kappa shape index (κ1) is 22.3. The number of nitrogens with one attached hydrogen (secondary N) is 3. The SMILES string of the molecule is CCCCNC(=O)NS(=O)(=O)c1ccc(NC(=O)Cc2cn3ccc(C)cc3n2)cc1. The van der Waals surface area contributed by atoms with Gasteiger partial charge in [0, 0.05) is 24.6 Å². The lowest BCUT2D eigenvalue weighted by Gasteiger charge is -2.09. The zero-order valence-corrected chi connectivity index (χ0v) is 18.2. The fourth-order valence-corrected chi connectivity index (χ4v) is 3.83. The molecule has 0 fully saturated rings. The van der Waals surface area contributed by atoms with Gasteiger partial charge in [0.25, 0.3) is 10.0 Å². The Hall–Kier alpha value is -3.40. The first-order chi connectivity index (χ1) is 14.8. The van der Waals surface area contributed by atoms with Crippen LogP contribution in [0.2, 0.25) is 0 Å². The molecule has 164 valence electrons. The number of aromatic nitrogens is 2. The van der Waals surface area contributed by atoms with E-state index in [9.17, 15) is 18.0 Å². The standard InChI is InChI=1S/C21H25N5O4S/c1-3-4-10-22-21(28)25-31(29,30)18-7-5-16(6-8-18)24-20(27)13-17-14-26-11-9-15(2)12-19(26)23-17/h5-9,11-12,14H,3-4,10,13H2,1-2H3,(H,24,27)(H2,22,25,28). The average Bonchev–Trinajstić information content (AvgIpc) is 3.09. The van der Waals surface area contributed by atoms with Crippen LogP contribution in [-0.2, 0) is 21.2 Å². The zero-order valence-electron chi connectivity index (χ0n) is 17.4. The molecule has 2 aromatic heterocycles. The number of sulfonamides is 1. The van der Waals surface area contributed by atoms with Crippen molar-refractivity contribution in [3.63, 3.8) is 0 Å². The zero-order chi connectivity index (χ0) is 22.4. The Balaban J connectivity index is 1.58. The van der Waals surface area contributed by atoms with Crippen LogP contribution in [-0.4, -0.2) is 36.3 Å². The number of rotatable bonds is 8. The largest absolute Gasteiger partial charge is 0.337 e. The van der Waals surface area contributed by atoms with Gasteiger partial charge in [-0.25, -0.2) is 22.9 Å². The molecule has 3 amide bonds. The Bertz CT molecular complexity index is 1190. The Morgan fingerprint density at radius 3 is 2.58 bits per heavy atom. The van der Waals surface area contributed by atoms with Gasteiger partial charge in [-0.2, -0.15) is 0 Å². The molecule has 3 N–H and O–H groups in total. The molecule has 0 spiro atoms. The second-order valence-corrected chi connectivity index (χ2v) is 8.85. The molecule has 10 heteroatoms. The van der Waals surface area contributed by atoms with Gasteiger partial charge in [-0.3, -0.25) is 4.79 Å². The topological polar surface area (TPSA) is 122 Å². The summed E-state index contributed by atoms with van der Waals surface area (Å²) in [6, 6.07) is 8.70. The highest BCUT2D eigenvalue weighted by Crippen LogP contribution is 2.15. The highest BCUT2D eigenvalue weighted by molar-refractivity contribution is 7.90. The molecule has 0 radical (unpaired) electrons. The normalized spacial score (nSPS) is 11.3. The van der Waals surface area contributed by atoms with Crippen LogP contribution in [0.1, 0.15) is 31.0 Å². The molecule has 0 unspecified atom stereocenters. The van der Waals surface area contributed by atoms with Gasteiger partial charge in [-0.05, 0) is 55.3 Å². The maximum absolute atomic E-state index is 12.3. The molecule has 0 saturated carbocycles. The van der Waals surface area contributed by atoms with Crippen LogP contribution in [0.25, 0.3) is 5.65 Å². The second-order valence-electron chi connectivity index (χ2n) is 7.17. The van der Waals surface area contributed by atoms with E-state index in [-0.39, 0.29) is 17.2 Å². The maximum atomic E-state index is 12.3. The summed E-state index contributed by atoms with van der Waals surface area (Å²) in [6.45, 7) is 4.34. The quantitative estimate of drug-likeness (QED) is 0.462. The highest BCUT2D eigenvalue weighted by atomic mass is 32.2. The number of benzene rings is 1. The second kappa shape index (κ2) is 9.61. The van der Waals surface area contributed by atoms with E-state index < -0.39 is 16.1 Å². The van der Waals surface area contributed by atoms with Crippen LogP contribution < -0.4 is 15.4 Å². The fourth-order valence-electron chi connectivity index (χ4n) is 2.90. The van der Waals surface area contributed by atoms with Crippen molar-refractivity contribution in [1.82, 2.24) is 19.4 Å². The molecule has 9 nitrogen and oxygen atoms in total. The lowest BCUT2D eigenvalue weighted by molar-refractivity contribution is -0.115. The summed E-state index contributed by atoms with van der Waals surface area (Å²) in [7, 11) is -4.00. The molecule has 0 aliphatic heterocycles. The number of pyridine rings is 1. The summed E-state index contributed by atoms with van der Waals surface area (Å²) in [6.07, 6.45) is 5.41. The smallest absolute Gasteiger partial charge is 0.328 e. The van der Waals surface area contributed by atoms with Crippen molar-refractivity contribution in [2.24, 2.45) is 0 Å². The van der Waals surface area contributed by atoms with Crippen LogP contribution >= 0.6 is 0 Å². The monoisotopic (exact) mass is 443 g/mol. The van der Waals surface area contributed by atoms with Crippen molar-refractivity contribution in [3.05, 3.63) is 60.0 Å². The van der Waals surface area contributed by atoms with Crippen molar-refractivity contribution in [2.75, 3.05) is 11.9 Å². The molecule has 3 aromatic rings. The van der Waals surface area contributed by atoms with Gasteiger partial charge in [0.2, 0.25) is 5.91 Å². The van der Waals surface area contributed by atoms with Crippen molar-refractivity contribution >= 4 is 33.3 Å². The molecule has 31 heavy (non-hydrogen) atoms. The minimum atomic E-state index is -4.00. The number of carbonyl (C=O) groups is 2. The lowest BCUT2D eigenvalue weighted by Crippen LogP contribution is -2.39. The summed E-state index contributed by atoms with van der Waals surface area (Å²) in [5, 5.41) is 5.21. The van der Waals surface area contributed by atoms with Gasteiger partial charge in [-0.1, -0.05) is 13.3 Å². The van der Waals surface area contributed by atoms with E-state index in [0.717, 1.165) is 24.1 Å². The predicted molar refractivity (Wildman–Crippen MR) is 117 cm³/mol. The molecule has 0 aliphatic rings. The maximum Gasteiger partial charge on any atom is 0.328 e. The van der Waals surface area contributed by atoms with Gasteiger partial charge in [0.15, 0.2) is 0 Å². The summed E-state index contributed by atoms with van der Waals surface area (Å²) in [5.41, 5.74) is 2.91. The van der Waals surface area contributed by atoms with E-state index in [1.807, 2.05) is 41.3 Å². The number of unbranched alkanes of at least 4 members (excludes halogenated alkanes) is 1. The lowest BCUT2D eigenvalue weighted by atomic mass is 10.3. The van der Waals surface area contributed by atoms with E-state index in [1.165, 1.54) is 24.3 Å². The minimum absolute atomic E-state index is 0.0770. The van der Waals surface area contributed by atoms with E-state index in [4.69, 9.17) is 0 Å². The number of hydrogen-bond donors (Lipinski definition) is 3. The van der Waals surface area contributed by atoms with Crippen molar-refractivity contribution in [3.8, 4) is 0 Å². The van der Waals surface area contributed by atoms with Crippen molar-refractivity contribution in [2.45, 2.75) is 38.0 Å². The van der Waals surface area contributed by atoms with Crippen molar-refractivity contribution in [1.29, 1.82) is 0 Å². The number of amides is 3.